The van der Waals surface area contributed by atoms with E-state index in [0.717, 1.165) is 44.1 Å². The highest BCUT2D eigenvalue weighted by atomic mass is 79.9. The van der Waals surface area contributed by atoms with E-state index in [1.807, 2.05) is 75.6 Å². The van der Waals surface area contributed by atoms with Crippen molar-refractivity contribution in [2.45, 2.75) is 37.2 Å². The fourth-order valence-corrected chi connectivity index (χ4v) is 6.21. The van der Waals surface area contributed by atoms with Gasteiger partial charge in [-0.1, -0.05) is 70.5 Å². The number of aliphatic hydroxyl groups is 1. The van der Waals surface area contributed by atoms with Crippen molar-refractivity contribution in [3.63, 3.8) is 0 Å². The zero-order chi connectivity index (χ0) is 29.1. The number of aromatic nitrogens is 1. The van der Waals surface area contributed by atoms with Crippen LogP contribution in [0.3, 0.4) is 0 Å². The molecule has 0 saturated heterocycles. The number of carbonyl (C=O) groups is 1. The standard InChI is InChI=1S/C34H37BrN2O4/c1-5-41-33(38)28-21-27(28)23-12-9-13-25(18-23)34(39,16-17-37(2)3)31(22-10-7-6-8-11-22)29-20-24-19-26(35)14-15-30(24)36-32(29)40-4/h6-15,18-20,27-28,31,39H,5,16-17,21H2,1-4H3/t27-,28+,31+,34+/m0/s1. The summed E-state index contributed by atoms with van der Waals surface area (Å²) in [6.45, 7) is 2.87. The van der Waals surface area contributed by atoms with Crippen molar-refractivity contribution in [3.05, 3.63) is 106 Å². The van der Waals surface area contributed by atoms with Crippen molar-refractivity contribution >= 4 is 32.8 Å². The van der Waals surface area contributed by atoms with Gasteiger partial charge in [0.05, 0.1) is 25.2 Å². The first-order valence-electron chi connectivity index (χ1n) is 14.1. The number of esters is 1. The van der Waals surface area contributed by atoms with Crippen molar-refractivity contribution < 1.29 is 19.4 Å². The third-order valence-corrected chi connectivity index (χ3v) is 8.51. The van der Waals surface area contributed by atoms with Crippen LogP contribution in [0.15, 0.2) is 83.3 Å². The van der Waals surface area contributed by atoms with Gasteiger partial charge in [-0.25, -0.2) is 4.98 Å². The predicted octanol–water partition coefficient (Wildman–Crippen LogP) is 6.64. The Morgan fingerprint density at radius 3 is 2.59 bits per heavy atom. The van der Waals surface area contributed by atoms with Crippen LogP contribution in [-0.4, -0.2) is 55.3 Å². The van der Waals surface area contributed by atoms with Gasteiger partial charge in [0.2, 0.25) is 5.88 Å². The predicted molar refractivity (Wildman–Crippen MR) is 165 cm³/mol. The summed E-state index contributed by atoms with van der Waals surface area (Å²) in [6.07, 6.45) is 1.23. The van der Waals surface area contributed by atoms with E-state index in [2.05, 4.69) is 45.1 Å². The van der Waals surface area contributed by atoms with Crippen LogP contribution in [0.4, 0.5) is 0 Å². The average Bonchev–Trinajstić information content (AvgIpc) is 3.78. The third kappa shape index (κ3) is 6.17. The maximum absolute atomic E-state index is 13.0. The van der Waals surface area contributed by atoms with Gasteiger partial charge in [0.15, 0.2) is 0 Å². The molecule has 0 spiro atoms. The molecule has 7 heteroatoms. The van der Waals surface area contributed by atoms with E-state index in [1.165, 1.54) is 0 Å². The lowest BCUT2D eigenvalue weighted by atomic mass is 9.71. The Morgan fingerprint density at radius 2 is 1.88 bits per heavy atom. The SMILES string of the molecule is CCOC(=O)[C@@H]1C[C@H]1c1cccc([C@](O)(CCN(C)C)[C@H](c2ccccc2)c2cc3cc(Br)ccc3nc2OC)c1. The molecule has 1 heterocycles. The first-order valence-corrected chi connectivity index (χ1v) is 14.9. The molecular formula is C34H37BrN2O4. The molecule has 0 aliphatic heterocycles. The van der Waals surface area contributed by atoms with Crippen LogP contribution in [0.5, 0.6) is 5.88 Å². The van der Waals surface area contributed by atoms with E-state index in [4.69, 9.17) is 14.5 Å². The fraction of sp³-hybridized carbons (Fsp3) is 0.353. The van der Waals surface area contributed by atoms with Crippen molar-refractivity contribution in [1.82, 2.24) is 9.88 Å². The number of fused-ring (bicyclic) bond motifs is 1. The van der Waals surface area contributed by atoms with E-state index in [0.29, 0.717) is 25.5 Å². The maximum Gasteiger partial charge on any atom is 0.309 e. The van der Waals surface area contributed by atoms with E-state index in [-0.39, 0.29) is 17.8 Å². The number of hydrogen-bond acceptors (Lipinski definition) is 6. The lowest BCUT2D eigenvalue weighted by Crippen LogP contribution is -2.38. The maximum atomic E-state index is 13.0. The molecule has 0 amide bonds. The second-order valence-corrected chi connectivity index (χ2v) is 12.0. The average molecular weight is 618 g/mol. The summed E-state index contributed by atoms with van der Waals surface area (Å²) in [5, 5.41) is 14.0. The number of ether oxygens (including phenoxy) is 2. The Kier molecular flexibility index (Phi) is 8.78. The number of pyridine rings is 1. The zero-order valence-corrected chi connectivity index (χ0v) is 25.6. The molecule has 1 saturated carbocycles. The number of rotatable bonds is 11. The van der Waals surface area contributed by atoms with Gasteiger partial charge < -0.3 is 19.5 Å². The Hall–Kier alpha value is -3.26. The first-order chi connectivity index (χ1) is 19.7. The molecule has 3 aromatic carbocycles. The number of benzene rings is 3. The summed E-state index contributed by atoms with van der Waals surface area (Å²) < 4.78 is 12.1. The number of halogens is 1. The van der Waals surface area contributed by atoms with Crippen LogP contribution >= 0.6 is 15.9 Å². The number of carbonyl (C=O) groups excluding carboxylic acids is 1. The molecule has 1 aliphatic carbocycles. The highest BCUT2D eigenvalue weighted by Crippen LogP contribution is 2.51. The summed E-state index contributed by atoms with van der Waals surface area (Å²) in [7, 11) is 5.65. The normalized spacial score (nSPS) is 18.6. The van der Waals surface area contributed by atoms with Gasteiger partial charge in [0, 0.05) is 27.9 Å². The van der Waals surface area contributed by atoms with Gasteiger partial charge in [0.25, 0.3) is 0 Å². The summed E-state index contributed by atoms with van der Waals surface area (Å²) in [4.78, 5) is 19.4. The zero-order valence-electron chi connectivity index (χ0n) is 24.0. The van der Waals surface area contributed by atoms with Crippen molar-refractivity contribution in [3.8, 4) is 5.88 Å². The molecule has 4 aromatic rings. The minimum absolute atomic E-state index is 0.0940. The Morgan fingerprint density at radius 1 is 1.10 bits per heavy atom. The van der Waals surface area contributed by atoms with Gasteiger partial charge in [-0.2, -0.15) is 0 Å². The quantitative estimate of drug-likeness (QED) is 0.190. The van der Waals surface area contributed by atoms with Gasteiger partial charge in [0.1, 0.15) is 5.60 Å². The molecule has 6 nitrogen and oxygen atoms in total. The Bertz CT molecular complexity index is 1530. The minimum atomic E-state index is -1.31. The van der Waals surface area contributed by atoms with Gasteiger partial charge in [-0.15, -0.1) is 0 Å². The van der Waals surface area contributed by atoms with Crippen LogP contribution < -0.4 is 4.74 Å². The topological polar surface area (TPSA) is 71.9 Å². The smallest absolute Gasteiger partial charge is 0.309 e. The number of methoxy groups -OCH3 is 1. The number of hydrogen-bond donors (Lipinski definition) is 1. The van der Waals surface area contributed by atoms with E-state index in [9.17, 15) is 9.90 Å². The molecular weight excluding hydrogens is 580 g/mol. The molecule has 4 atom stereocenters. The fourth-order valence-electron chi connectivity index (χ4n) is 5.84. The van der Waals surface area contributed by atoms with Crippen molar-refractivity contribution in [1.29, 1.82) is 0 Å². The van der Waals surface area contributed by atoms with Gasteiger partial charge >= 0.3 is 5.97 Å². The van der Waals surface area contributed by atoms with E-state index < -0.39 is 11.5 Å². The van der Waals surface area contributed by atoms with Gasteiger partial charge in [-0.3, -0.25) is 4.79 Å². The molecule has 0 radical (unpaired) electrons. The monoisotopic (exact) mass is 616 g/mol. The Balaban J connectivity index is 1.68. The molecule has 0 unspecified atom stereocenters. The minimum Gasteiger partial charge on any atom is -0.481 e. The highest BCUT2D eigenvalue weighted by Gasteiger charge is 2.47. The van der Waals surface area contributed by atoms with Crippen LogP contribution in [0.2, 0.25) is 0 Å². The third-order valence-electron chi connectivity index (χ3n) is 8.02. The molecule has 214 valence electrons. The lowest BCUT2D eigenvalue weighted by Gasteiger charge is -2.39. The van der Waals surface area contributed by atoms with E-state index >= 15 is 0 Å². The molecule has 1 N–H and O–H groups in total. The molecule has 0 bridgehead atoms. The van der Waals surface area contributed by atoms with E-state index in [1.54, 1.807) is 7.11 Å². The summed E-state index contributed by atoms with van der Waals surface area (Å²) in [5.74, 6) is -0.182. The van der Waals surface area contributed by atoms with Crippen LogP contribution in [0.25, 0.3) is 10.9 Å². The number of nitrogens with zero attached hydrogens (tertiary/aromatic N) is 2. The molecule has 1 fully saturated rings. The first kappa shape index (κ1) is 29.2. The second-order valence-electron chi connectivity index (χ2n) is 11.1. The Labute approximate surface area is 250 Å². The van der Waals surface area contributed by atoms with Gasteiger partial charge in [-0.05, 0) is 80.7 Å². The molecule has 41 heavy (non-hydrogen) atoms. The summed E-state index contributed by atoms with van der Waals surface area (Å²) in [6, 6.07) is 26.2. The van der Waals surface area contributed by atoms with Crippen LogP contribution in [0, 0.1) is 5.92 Å². The highest BCUT2D eigenvalue weighted by molar-refractivity contribution is 9.10. The summed E-state index contributed by atoms with van der Waals surface area (Å²) in [5.41, 5.74) is 3.12. The van der Waals surface area contributed by atoms with Crippen molar-refractivity contribution in [2.75, 3.05) is 34.4 Å². The van der Waals surface area contributed by atoms with Crippen LogP contribution in [0.1, 0.15) is 53.9 Å². The summed E-state index contributed by atoms with van der Waals surface area (Å²) >= 11 is 3.60. The second kappa shape index (κ2) is 12.3. The largest absolute Gasteiger partial charge is 0.481 e. The molecule has 1 aliphatic rings. The van der Waals surface area contributed by atoms with Crippen molar-refractivity contribution in [2.24, 2.45) is 5.92 Å². The lowest BCUT2D eigenvalue weighted by molar-refractivity contribution is -0.144. The van der Waals surface area contributed by atoms with Crippen LogP contribution in [-0.2, 0) is 15.1 Å². The molecule has 5 rings (SSSR count). The molecule has 1 aromatic heterocycles.